The molecule has 5 nitrogen and oxygen atoms in total. The van der Waals surface area contributed by atoms with Gasteiger partial charge in [-0.1, -0.05) is 5.16 Å². The van der Waals surface area contributed by atoms with Gasteiger partial charge in [-0.15, -0.1) is 0 Å². The van der Waals surface area contributed by atoms with E-state index in [9.17, 15) is 4.79 Å². The van der Waals surface area contributed by atoms with Crippen LogP contribution < -0.4 is 5.73 Å². The zero-order valence-electron chi connectivity index (χ0n) is 5.52. The Labute approximate surface area is 62.2 Å². The van der Waals surface area contributed by atoms with Gasteiger partial charge in [0.05, 0.1) is 18.0 Å². The summed E-state index contributed by atoms with van der Waals surface area (Å²) in [6, 6.07) is 0. The van der Waals surface area contributed by atoms with E-state index in [4.69, 9.17) is 10.6 Å². The van der Waals surface area contributed by atoms with Crippen molar-refractivity contribution in [1.82, 2.24) is 0 Å². The van der Waals surface area contributed by atoms with Crippen LogP contribution >= 0.6 is 0 Å². The average molecular weight is 151 g/mol. The molecule has 2 rings (SSSR count). The van der Waals surface area contributed by atoms with Crippen molar-refractivity contribution in [3.63, 3.8) is 0 Å². The zero-order valence-corrected chi connectivity index (χ0v) is 5.52. The molecule has 56 valence electrons. The minimum Gasteiger partial charge on any atom is -0.368 e. The number of carbonyl (C=O) groups is 1. The van der Waals surface area contributed by atoms with Gasteiger partial charge in [-0.3, -0.25) is 9.79 Å². The number of nitrogens with two attached hydrogens (primary N) is 1. The van der Waals surface area contributed by atoms with Gasteiger partial charge in [0.25, 0.3) is 11.5 Å². The molecule has 0 aromatic carbocycles. The maximum atomic E-state index is 10.9. The number of aliphatic imine (C=N–C) groups is 1. The summed E-state index contributed by atoms with van der Waals surface area (Å²) in [6.07, 6.45) is 4.27. The standard InChI is InChI=1S/C6H5N3O2/c7-5(10)6-3-8-1-4(6)2-9-11-6/h1-3H,(H2,7,10). The summed E-state index contributed by atoms with van der Waals surface area (Å²) in [4.78, 5) is 19.5. The van der Waals surface area contributed by atoms with Crippen LogP contribution in [0.4, 0.5) is 0 Å². The Morgan fingerprint density at radius 2 is 2.55 bits per heavy atom. The van der Waals surface area contributed by atoms with Gasteiger partial charge in [0.15, 0.2) is 0 Å². The molecule has 2 aliphatic heterocycles. The second-order valence-corrected chi connectivity index (χ2v) is 2.29. The van der Waals surface area contributed by atoms with Crippen molar-refractivity contribution in [2.45, 2.75) is 5.60 Å². The highest BCUT2D eigenvalue weighted by Gasteiger charge is 2.47. The Morgan fingerprint density at radius 1 is 1.73 bits per heavy atom. The summed E-state index contributed by atoms with van der Waals surface area (Å²) in [5.74, 6) is -0.595. The SMILES string of the molecule is NC(=O)C12C=NC=C1C=NO2. The molecule has 0 aliphatic carbocycles. The third-order valence-electron chi connectivity index (χ3n) is 1.65. The molecule has 11 heavy (non-hydrogen) atoms. The van der Waals surface area contributed by atoms with Gasteiger partial charge in [-0.25, -0.2) is 0 Å². The van der Waals surface area contributed by atoms with Crippen molar-refractivity contribution in [3.8, 4) is 0 Å². The molecule has 0 saturated heterocycles. The lowest BCUT2D eigenvalue weighted by Gasteiger charge is -2.14. The topological polar surface area (TPSA) is 77.0 Å². The Balaban J connectivity index is 2.48. The Bertz CT molecular complexity index is 305. The van der Waals surface area contributed by atoms with Gasteiger partial charge in [0.2, 0.25) is 0 Å². The lowest BCUT2D eigenvalue weighted by Crippen LogP contribution is -2.45. The molecule has 0 spiro atoms. The van der Waals surface area contributed by atoms with Crippen LogP contribution in [0.15, 0.2) is 21.9 Å². The predicted molar refractivity (Wildman–Crippen MR) is 38.1 cm³/mol. The van der Waals surface area contributed by atoms with Gasteiger partial charge in [0, 0.05) is 6.20 Å². The molecule has 0 saturated carbocycles. The molecule has 0 aromatic rings. The molecule has 0 radical (unpaired) electrons. The Morgan fingerprint density at radius 3 is 3.18 bits per heavy atom. The molecular weight excluding hydrogens is 146 g/mol. The van der Waals surface area contributed by atoms with Crippen molar-refractivity contribution < 1.29 is 9.63 Å². The van der Waals surface area contributed by atoms with E-state index in [-0.39, 0.29) is 0 Å². The summed E-state index contributed by atoms with van der Waals surface area (Å²) in [5.41, 5.74) is 4.48. The van der Waals surface area contributed by atoms with E-state index in [0.29, 0.717) is 5.57 Å². The fourth-order valence-corrected chi connectivity index (χ4v) is 1.02. The van der Waals surface area contributed by atoms with E-state index in [1.807, 2.05) is 0 Å². The normalized spacial score (nSPS) is 31.5. The van der Waals surface area contributed by atoms with Crippen LogP contribution in [0.3, 0.4) is 0 Å². The maximum Gasteiger partial charge on any atom is 0.277 e. The van der Waals surface area contributed by atoms with Crippen molar-refractivity contribution in [1.29, 1.82) is 0 Å². The first kappa shape index (κ1) is 6.09. The number of hydrogen-bond donors (Lipinski definition) is 1. The molecule has 2 heterocycles. The van der Waals surface area contributed by atoms with Gasteiger partial charge < -0.3 is 10.6 Å². The molecule has 0 bridgehead atoms. The van der Waals surface area contributed by atoms with Crippen LogP contribution in [0, 0.1) is 0 Å². The fraction of sp³-hybridized carbons (Fsp3) is 0.167. The molecule has 2 aliphatic rings. The number of carbonyl (C=O) groups excluding carboxylic acids is 1. The molecule has 0 aromatic heterocycles. The largest absolute Gasteiger partial charge is 0.368 e. The van der Waals surface area contributed by atoms with Gasteiger partial charge >= 0.3 is 0 Å². The van der Waals surface area contributed by atoms with E-state index < -0.39 is 11.5 Å². The van der Waals surface area contributed by atoms with Gasteiger partial charge in [-0.05, 0) is 0 Å². The number of oxime groups is 1. The van der Waals surface area contributed by atoms with Crippen molar-refractivity contribution >= 4 is 18.3 Å². The zero-order chi connectivity index (χ0) is 7.90. The number of primary amides is 1. The van der Waals surface area contributed by atoms with Crippen molar-refractivity contribution in [2.24, 2.45) is 15.9 Å². The third-order valence-corrected chi connectivity index (χ3v) is 1.65. The van der Waals surface area contributed by atoms with Gasteiger partial charge in [-0.2, -0.15) is 0 Å². The Hall–Kier alpha value is -1.65. The average Bonchev–Trinajstić information content (AvgIpc) is 2.40. The van der Waals surface area contributed by atoms with Gasteiger partial charge in [0.1, 0.15) is 0 Å². The monoisotopic (exact) mass is 151 g/mol. The minimum absolute atomic E-state index is 0.588. The first-order chi connectivity index (χ1) is 5.26. The number of amides is 1. The minimum atomic E-state index is -1.21. The van der Waals surface area contributed by atoms with Crippen LogP contribution in [-0.4, -0.2) is 23.9 Å². The molecule has 1 atom stereocenters. The van der Waals surface area contributed by atoms with Crippen LogP contribution in [0.2, 0.25) is 0 Å². The second kappa shape index (κ2) is 1.69. The summed E-state index contributed by atoms with van der Waals surface area (Å²) in [5, 5.41) is 3.48. The smallest absolute Gasteiger partial charge is 0.277 e. The van der Waals surface area contributed by atoms with E-state index in [0.717, 1.165) is 0 Å². The summed E-state index contributed by atoms with van der Waals surface area (Å²) >= 11 is 0. The highest BCUT2D eigenvalue weighted by atomic mass is 16.7. The lowest BCUT2D eigenvalue weighted by molar-refractivity contribution is -0.129. The van der Waals surface area contributed by atoms with Crippen LogP contribution in [0.5, 0.6) is 0 Å². The van der Waals surface area contributed by atoms with E-state index in [1.165, 1.54) is 18.6 Å². The number of hydrogen-bond acceptors (Lipinski definition) is 4. The summed E-state index contributed by atoms with van der Waals surface area (Å²) in [7, 11) is 0. The molecule has 1 unspecified atom stereocenters. The molecule has 1 amide bonds. The second-order valence-electron chi connectivity index (χ2n) is 2.29. The van der Waals surface area contributed by atoms with E-state index in [1.54, 1.807) is 0 Å². The predicted octanol–water partition coefficient (Wildman–Crippen LogP) is -0.805. The van der Waals surface area contributed by atoms with Crippen LogP contribution in [-0.2, 0) is 9.63 Å². The van der Waals surface area contributed by atoms with E-state index in [2.05, 4.69) is 10.1 Å². The number of fused-ring (bicyclic) bond motifs is 1. The summed E-state index contributed by atoms with van der Waals surface area (Å²) in [6.45, 7) is 0. The highest BCUT2D eigenvalue weighted by Crippen LogP contribution is 2.27. The fourth-order valence-electron chi connectivity index (χ4n) is 1.02. The van der Waals surface area contributed by atoms with E-state index >= 15 is 0 Å². The third kappa shape index (κ3) is 0.568. The molecular formula is C6H5N3O2. The Kier molecular flexibility index (Phi) is 0.934. The molecule has 2 N–H and O–H groups in total. The maximum absolute atomic E-state index is 10.9. The van der Waals surface area contributed by atoms with Crippen LogP contribution in [0.1, 0.15) is 0 Å². The summed E-state index contributed by atoms with van der Waals surface area (Å²) < 4.78 is 0. The highest BCUT2D eigenvalue weighted by molar-refractivity contribution is 6.13. The van der Waals surface area contributed by atoms with Crippen LogP contribution in [0.25, 0.3) is 0 Å². The molecule has 5 heteroatoms. The first-order valence-electron chi connectivity index (χ1n) is 3.02. The first-order valence-corrected chi connectivity index (χ1v) is 3.02. The lowest BCUT2D eigenvalue weighted by atomic mass is 9.98. The number of rotatable bonds is 1. The molecule has 0 fully saturated rings. The number of nitrogens with zero attached hydrogens (tertiary/aromatic N) is 2. The van der Waals surface area contributed by atoms with Crippen molar-refractivity contribution in [3.05, 3.63) is 11.8 Å². The quantitative estimate of drug-likeness (QED) is 0.532. The van der Waals surface area contributed by atoms with Crippen molar-refractivity contribution in [2.75, 3.05) is 0 Å².